The Morgan fingerprint density at radius 1 is 1.15 bits per heavy atom. The summed E-state index contributed by atoms with van der Waals surface area (Å²) in [7, 11) is -2.23. The lowest BCUT2D eigenvalue weighted by Gasteiger charge is -2.23. The summed E-state index contributed by atoms with van der Waals surface area (Å²) in [4.78, 5) is 40.2. The highest BCUT2D eigenvalue weighted by Gasteiger charge is 2.34. The van der Waals surface area contributed by atoms with Crippen molar-refractivity contribution in [3.8, 4) is 0 Å². The van der Waals surface area contributed by atoms with Gasteiger partial charge in [0.15, 0.2) is 27.6 Å². The Labute approximate surface area is 232 Å². The number of amides is 1. The van der Waals surface area contributed by atoms with E-state index in [0.717, 1.165) is 50.8 Å². The molecule has 1 amide bonds. The molecule has 0 bridgehead atoms. The number of aliphatic imine (C=N–C) groups is 1. The first kappa shape index (κ1) is 29.3. The van der Waals surface area contributed by atoms with Crippen LogP contribution in [0.3, 0.4) is 0 Å². The second-order valence-electron chi connectivity index (χ2n) is 9.87. The maximum absolute atomic E-state index is 13.5. The standard InChI is InChI=1S/C25H35N5O7S2/c1-3-18(22(31)24-28-19-10-6-7-11-21(19)36-24)27-23(32)20(15-39(33,34)14-16-12-13-16)29-25(30-38-37-35-2)26-17-8-4-5-9-17/h6-7,10-11,16-18,20H,3-5,8-9,12-15H2,1-2H3,(H,27,32)(H2,26,29,30). The number of guanidine groups is 1. The molecule has 4 rings (SSSR count). The third-order valence-electron chi connectivity index (χ3n) is 6.66. The minimum atomic E-state index is -3.58. The molecule has 39 heavy (non-hydrogen) atoms. The van der Waals surface area contributed by atoms with Gasteiger partial charge in [-0.2, -0.15) is 0 Å². The number of nitrogens with one attached hydrogen (secondary N) is 3. The molecule has 2 fully saturated rings. The topological polar surface area (TPSA) is 161 Å². The highest BCUT2D eigenvalue weighted by Crippen LogP contribution is 2.30. The van der Waals surface area contributed by atoms with Crippen LogP contribution in [0.25, 0.3) is 11.1 Å². The van der Waals surface area contributed by atoms with E-state index in [1.165, 1.54) is 7.11 Å². The first-order valence-electron chi connectivity index (χ1n) is 13.1. The average molecular weight is 582 g/mol. The zero-order valence-corrected chi connectivity index (χ0v) is 23.7. The molecule has 2 aromatic rings. The van der Waals surface area contributed by atoms with Gasteiger partial charge in [0.1, 0.15) is 11.6 Å². The van der Waals surface area contributed by atoms with Crippen LogP contribution in [0.15, 0.2) is 33.7 Å². The quantitative estimate of drug-likeness (QED) is 0.0440. The predicted octanol–water partition coefficient (Wildman–Crippen LogP) is 2.72. The van der Waals surface area contributed by atoms with Crippen LogP contribution >= 0.6 is 12.2 Å². The largest absolute Gasteiger partial charge is 0.434 e. The zero-order valence-electron chi connectivity index (χ0n) is 22.1. The summed E-state index contributed by atoms with van der Waals surface area (Å²) in [5, 5.41) is 5.67. The van der Waals surface area contributed by atoms with Gasteiger partial charge in [-0.3, -0.25) is 14.3 Å². The van der Waals surface area contributed by atoms with Crippen molar-refractivity contribution in [1.82, 2.24) is 20.3 Å². The van der Waals surface area contributed by atoms with E-state index in [2.05, 4.69) is 30.2 Å². The van der Waals surface area contributed by atoms with Crippen molar-refractivity contribution in [1.29, 1.82) is 0 Å². The van der Waals surface area contributed by atoms with Crippen molar-refractivity contribution in [2.45, 2.75) is 70.0 Å². The number of hydrogen-bond acceptors (Lipinski definition) is 10. The van der Waals surface area contributed by atoms with E-state index >= 15 is 0 Å². The lowest BCUT2D eigenvalue weighted by Crippen LogP contribution is -2.56. The minimum absolute atomic E-state index is 0.0154. The lowest BCUT2D eigenvalue weighted by atomic mass is 10.1. The molecule has 2 unspecified atom stereocenters. The monoisotopic (exact) mass is 581 g/mol. The number of ketones is 1. The number of nitrogens with zero attached hydrogens (tertiary/aromatic N) is 2. The molecule has 2 aliphatic rings. The minimum Gasteiger partial charge on any atom is -0.434 e. The highest BCUT2D eigenvalue weighted by molar-refractivity contribution is 7.93. The van der Waals surface area contributed by atoms with E-state index in [0.29, 0.717) is 11.1 Å². The Kier molecular flexibility index (Phi) is 10.2. The molecule has 0 radical (unpaired) electrons. The molecule has 2 atom stereocenters. The average Bonchev–Trinajstić information content (AvgIpc) is 3.37. The Bertz CT molecular complexity index is 1240. The Hall–Kier alpha value is -2.68. The number of hydrogen-bond donors (Lipinski definition) is 3. The van der Waals surface area contributed by atoms with Gasteiger partial charge in [-0.15, -0.1) is 4.33 Å². The first-order chi connectivity index (χ1) is 18.8. The fourth-order valence-electron chi connectivity index (χ4n) is 4.47. The molecule has 14 heteroatoms. The molecule has 214 valence electrons. The molecule has 1 heterocycles. The molecule has 1 aromatic carbocycles. The fourth-order valence-corrected chi connectivity index (χ4v) is 6.69. The van der Waals surface area contributed by atoms with Crippen LogP contribution in [0.5, 0.6) is 0 Å². The number of oxazole rings is 1. The smallest absolute Gasteiger partial charge is 0.266 e. The summed E-state index contributed by atoms with van der Waals surface area (Å²) in [6.45, 7) is 1.74. The first-order valence-corrected chi connectivity index (χ1v) is 15.7. The Morgan fingerprint density at radius 3 is 2.56 bits per heavy atom. The normalized spacial score (nSPS) is 18.2. The number of sulfone groups is 1. The molecule has 0 spiro atoms. The van der Waals surface area contributed by atoms with Gasteiger partial charge >= 0.3 is 0 Å². The summed E-state index contributed by atoms with van der Waals surface area (Å²) in [5.41, 5.74) is 0.990. The van der Waals surface area contributed by atoms with Crippen molar-refractivity contribution in [3.05, 3.63) is 30.2 Å². The van der Waals surface area contributed by atoms with Crippen LogP contribution in [-0.2, 0) is 23.9 Å². The molecule has 0 aliphatic heterocycles. The third kappa shape index (κ3) is 8.65. The van der Waals surface area contributed by atoms with Gasteiger partial charge in [0.2, 0.25) is 17.6 Å². The summed E-state index contributed by atoms with van der Waals surface area (Å²) >= 11 is 0.738. The van der Waals surface area contributed by atoms with Crippen LogP contribution < -0.4 is 15.4 Å². The molecule has 2 saturated carbocycles. The predicted molar refractivity (Wildman–Crippen MR) is 147 cm³/mol. The van der Waals surface area contributed by atoms with Gasteiger partial charge in [0, 0.05) is 0 Å². The number of para-hydroxylation sites is 2. The fraction of sp³-hybridized carbons (Fsp3) is 0.600. The highest BCUT2D eigenvalue weighted by atomic mass is 32.2. The SMILES string of the molecule is CCC(NC(=O)C(CS(=O)(=O)CC1CC1)NC(=NC1CCCC1)NSOOC)C(=O)c1nc2ccccc2o1. The second-order valence-corrected chi connectivity index (χ2v) is 12.5. The molecule has 0 saturated heterocycles. The molecular formula is C25H35N5O7S2. The number of benzene rings is 1. The number of aromatic nitrogens is 1. The van der Waals surface area contributed by atoms with Crippen molar-refractivity contribution < 1.29 is 31.6 Å². The van der Waals surface area contributed by atoms with Crippen molar-refractivity contribution in [3.63, 3.8) is 0 Å². The van der Waals surface area contributed by atoms with Gasteiger partial charge < -0.3 is 15.1 Å². The summed E-state index contributed by atoms with van der Waals surface area (Å²) in [5.74, 6) is -1.38. The second kappa shape index (κ2) is 13.6. The van der Waals surface area contributed by atoms with Crippen molar-refractivity contribution >= 4 is 50.8 Å². The van der Waals surface area contributed by atoms with Gasteiger partial charge in [0.05, 0.1) is 30.7 Å². The van der Waals surface area contributed by atoms with Gasteiger partial charge in [-0.1, -0.05) is 31.9 Å². The Balaban J connectivity index is 1.52. The zero-order chi connectivity index (χ0) is 27.8. The molecule has 1 aromatic heterocycles. The van der Waals surface area contributed by atoms with E-state index in [9.17, 15) is 18.0 Å². The van der Waals surface area contributed by atoms with Crippen molar-refractivity contribution in [2.75, 3.05) is 18.6 Å². The van der Waals surface area contributed by atoms with Crippen LogP contribution in [0, 0.1) is 5.92 Å². The summed E-state index contributed by atoms with van der Waals surface area (Å²) in [6.07, 6.45) is 5.83. The van der Waals surface area contributed by atoms with E-state index < -0.39 is 39.4 Å². The van der Waals surface area contributed by atoms with E-state index in [-0.39, 0.29) is 36.0 Å². The molecular weight excluding hydrogens is 546 g/mol. The van der Waals surface area contributed by atoms with Gasteiger partial charge in [-0.05, 0) is 50.2 Å². The Morgan fingerprint density at radius 2 is 1.90 bits per heavy atom. The van der Waals surface area contributed by atoms with E-state index in [1.54, 1.807) is 31.2 Å². The van der Waals surface area contributed by atoms with Crippen molar-refractivity contribution in [2.24, 2.45) is 10.9 Å². The number of Topliss-reactive ketones (excluding diaryl/α,β-unsaturated/α-hetero) is 1. The van der Waals surface area contributed by atoms with Crippen LogP contribution in [0.4, 0.5) is 0 Å². The number of carbonyl (C=O) groups is 2. The number of fused-ring (bicyclic) bond motifs is 1. The van der Waals surface area contributed by atoms with Gasteiger partial charge in [-0.25, -0.2) is 23.3 Å². The van der Waals surface area contributed by atoms with E-state index in [1.807, 2.05) is 0 Å². The maximum Gasteiger partial charge on any atom is 0.266 e. The lowest BCUT2D eigenvalue weighted by molar-refractivity contribution is -0.160. The van der Waals surface area contributed by atoms with Crippen LogP contribution in [0.2, 0.25) is 0 Å². The van der Waals surface area contributed by atoms with Gasteiger partial charge in [0.25, 0.3) is 5.89 Å². The maximum atomic E-state index is 13.5. The summed E-state index contributed by atoms with van der Waals surface area (Å²) < 4.78 is 39.2. The molecule has 12 nitrogen and oxygen atoms in total. The van der Waals surface area contributed by atoms with Crippen LogP contribution in [-0.4, -0.2) is 67.8 Å². The van der Waals surface area contributed by atoms with Crippen LogP contribution in [0.1, 0.15) is 62.6 Å². The molecule has 3 N–H and O–H groups in total. The number of carbonyl (C=O) groups excluding carboxylic acids is 2. The summed E-state index contributed by atoms with van der Waals surface area (Å²) in [6, 6.07) is 4.83. The van der Waals surface area contributed by atoms with E-state index in [4.69, 9.17) is 8.75 Å². The number of rotatable bonds is 14. The molecule has 2 aliphatic carbocycles. The third-order valence-corrected chi connectivity index (χ3v) is 8.96.